The molecule has 30 heavy (non-hydrogen) atoms. The van der Waals surface area contributed by atoms with Crippen LogP contribution in [0.2, 0.25) is 0 Å². The first-order chi connectivity index (χ1) is 14.3. The third-order valence-electron chi connectivity index (χ3n) is 3.87. The van der Waals surface area contributed by atoms with Crippen LogP contribution in [-0.4, -0.2) is 37.8 Å². The predicted octanol–water partition coefficient (Wildman–Crippen LogP) is 2.58. The van der Waals surface area contributed by atoms with E-state index in [1.807, 2.05) is 0 Å². The zero-order chi connectivity index (χ0) is 21.8. The van der Waals surface area contributed by atoms with Gasteiger partial charge in [-0.05, 0) is 31.2 Å². The lowest BCUT2D eigenvalue weighted by atomic mass is 10.1. The molecule has 1 aromatic heterocycles. The molecule has 0 radical (unpaired) electrons. The number of hydrogen-bond donors (Lipinski definition) is 2. The summed E-state index contributed by atoms with van der Waals surface area (Å²) in [4.78, 5) is 32.2. The van der Waals surface area contributed by atoms with Gasteiger partial charge in [0.25, 0.3) is 11.6 Å². The van der Waals surface area contributed by atoms with Crippen LogP contribution < -0.4 is 15.2 Å². The van der Waals surface area contributed by atoms with E-state index in [-0.39, 0.29) is 35.2 Å². The first-order valence-corrected chi connectivity index (χ1v) is 8.40. The maximum absolute atomic E-state index is 11.5. The molecule has 3 N–H and O–H groups in total. The van der Waals surface area contributed by atoms with E-state index in [2.05, 4.69) is 15.4 Å². The number of amides is 1. The molecule has 0 aliphatic rings. The number of benzene rings is 2. The standard InChI is InChI=1S/C17H14N6O7/c1-2-29-14-7-9(15-16(17(18)24)20-21-19-15)3-5-13(14)30-12-6-4-10(22(25)26)8-11(12)23(27)28/h3-8H,2H2,1H3,(H2,18,24)(H,19,20,21). The van der Waals surface area contributed by atoms with Crippen molar-refractivity contribution < 1.29 is 24.1 Å². The van der Waals surface area contributed by atoms with Gasteiger partial charge in [0.2, 0.25) is 5.75 Å². The quantitative estimate of drug-likeness (QED) is 0.412. The largest absolute Gasteiger partial charge is 0.490 e. The third-order valence-corrected chi connectivity index (χ3v) is 3.87. The van der Waals surface area contributed by atoms with Crippen LogP contribution >= 0.6 is 0 Å². The summed E-state index contributed by atoms with van der Waals surface area (Å²) in [6.07, 6.45) is 0. The SMILES string of the molecule is CCOc1cc(-c2n[nH]nc2C(N)=O)ccc1Oc1ccc([N+](=O)[O-])cc1[N+](=O)[O-]. The molecular formula is C17H14N6O7. The highest BCUT2D eigenvalue weighted by molar-refractivity contribution is 5.96. The molecular weight excluding hydrogens is 400 g/mol. The Bertz CT molecular complexity index is 1140. The monoisotopic (exact) mass is 414 g/mol. The first-order valence-electron chi connectivity index (χ1n) is 8.40. The van der Waals surface area contributed by atoms with E-state index < -0.39 is 27.1 Å². The van der Waals surface area contributed by atoms with Crippen molar-refractivity contribution >= 4 is 17.3 Å². The maximum Gasteiger partial charge on any atom is 0.318 e. The number of non-ortho nitro benzene ring substituents is 1. The number of nitrogens with one attached hydrogen (secondary N) is 1. The molecule has 0 saturated heterocycles. The first kappa shape index (κ1) is 20.2. The Labute approximate surface area is 167 Å². The number of aromatic amines is 1. The summed E-state index contributed by atoms with van der Waals surface area (Å²) in [5.41, 5.74) is 4.80. The molecule has 2 aromatic carbocycles. The molecule has 0 unspecified atom stereocenters. The number of H-pyrrole nitrogens is 1. The fraction of sp³-hybridized carbons (Fsp3) is 0.118. The van der Waals surface area contributed by atoms with Gasteiger partial charge in [-0.2, -0.15) is 15.4 Å². The predicted molar refractivity (Wildman–Crippen MR) is 101 cm³/mol. The molecule has 0 bridgehead atoms. The van der Waals surface area contributed by atoms with E-state index in [0.717, 1.165) is 18.2 Å². The zero-order valence-corrected chi connectivity index (χ0v) is 15.4. The second kappa shape index (κ2) is 8.22. The summed E-state index contributed by atoms with van der Waals surface area (Å²) in [5, 5.41) is 32.1. The van der Waals surface area contributed by atoms with Crippen molar-refractivity contribution in [3.63, 3.8) is 0 Å². The van der Waals surface area contributed by atoms with Crippen molar-refractivity contribution in [3.05, 3.63) is 62.3 Å². The molecule has 3 aromatic rings. The van der Waals surface area contributed by atoms with Crippen molar-refractivity contribution in [3.8, 4) is 28.5 Å². The van der Waals surface area contributed by atoms with Crippen molar-refractivity contribution in [2.75, 3.05) is 6.61 Å². The fourth-order valence-corrected chi connectivity index (χ4v) is 2.58. The van der Waals surface area contributed by atoms with E-state index in [0.29, 0.717) is 5.56 Å². The van der Waals surface area contributed by atoms with Crippen LogP contribution in [0.3, 0.4) is 0 Å². The summed E-state index contributed by atoms with van der Waals surface area (Å²) >= 11 is 0. The number of primary amides is 1. The van der Waals surface area contributed by atoms with Crippen LogP contribution in [0.5, 0.6) is 17.2 Å². The molecule has 3 rings (SSSR count). The minimum absolute atomic E-state index is 0.0721. The number of carbonyl (C=O) groups excluding carboxylic acids is 1. The number of nitrogens with two attached hydrogens (primary N) is 1. The number of nitro benzene ring substituents is 2. The highest BCUT2D eigenvalue weighted by Crippen LogP contribution is 2.39. The van der Waals surface area contributed by atoms with Crippen LogP contribution in [0.4, 0.5) is 11.4 Å². The second-order valence-electron chi connectivity index (χ2n) is 5.75. The number of nitro groups is 2. The average molecular weight is 414 g/mol. The van der Waals surface area contributed by atoms with Crippen LogP contribution in [0, 0.1) is 20.2 Å². The van der Waals surface area contributed by atoms with Gasteiger partial charge in [-0.25, -0.2) is 0 Å². The van der Waals surface area contributed by atoms with Crippen LogP contribution in [0.25, 0.3) is 11.3 Å². The van der Waals surface area contributed by atoms with E-state index in [1.54, 1.807) is 6.92 Å². The second-order valence-corrected chi connectivity index (χ2v) is 5.75. The van der Waals surface area contributed by atoms with E-state index >= 15 is 0 Å². The Morgan fingerprint density at radius 2 is 1.80 bits per heavy atom. The lowest BCUT2D eigenvalue weighted by molar-refractivity contribution is -0.394. The highest BCUT2D eigenvalue weighted by Gasteiger charge is 2.23. The summed E-state index contributed by atoms with van der Waals surface area (Å²) < 4.78 is 11.1. The van der Waals surface area contributed by atoms with Crippen LogP contribution in [0.15, 0.2) is 36.4 Å². The smallest absolute Gasteiger partial charge is 0.318 e. The summed E-state index contributed by atoms with van der Waals surface area (Å²) in [7, 11) is 0. The Kier molecular flexibility index (Phi) is 5.53. The van der Waals surface area contributed by atoms with Crippen LogP contribution in [0.1, 0.15) is 17.4 Å². The van der Waals surface area contributed by atoms with Gasteiger partial charge in [-0.3, -0.25) is 25.0 Å². The van der Waals surface area contributed by atoms with Crippen molar-refractivity contribution in [2.45, 2.75) is 6.92 Å². The average Bonchev–Trinajstić information content (AvgIpc) is 3.19. The molecule has 0 spiro atoms. The van der Waals surface area contributed by atoms with Gasteiger partial charge in [-0.1, -0.05) is 0 Å². The normalized spacial score (nSPS) is 10.4. The highest BCUT2D eigenvalue weighted by atomic mass is 16.6. The van der Waals surface area contributed by atoms with Gasteiger partial charge < -0.3 is 15.2 Å². The van der Waals surface area contributed by atoms with E-state index in [9.17, 15) is 25.0 Å². The van der Waals surface area contributed by atoms with Gasteiger partial charge in [0.05, 0.1) is 22.5 Å². The lowest BCUT2D eigenvalue weighted by Gasteiger charge is -2.13. The summed E-state index contributed by atoms with van der Waals surface area (Å²) in [5.74, 6) is -0.681. The molecule has 0 aliphatic heterocycles. The van der Waals surface area contributed by atoms with E-state index in [4.69, 9.17) is 15.2 Å². The summed E-state index contributed by atoms with van der Waals surface area (Å²) in [6, 6.07) is 7.50. The number of nitrogens with zero attached hydrogens (tertiary/aromatic N) is 4. The molecule has 13 nitrogen and oxygen atoms in total. The summed E-state index contributed by atoms with van der Waals surface area (Å²) in [6.45, 7) is 1.96. The fourth-order valence-electron chi connectivity index (χ4n) is 2.58. The Morgan fingerprint density at radius 1 is 1.07 bits per heavy atom. The Balaban J connectivity index is 2.03. The van der Waals surface area contributed by atoms with Gasteiger partial charge in [-0.15, -0.1) is 0 Å². The molecule has 0 aliphatic carbocycles. The molecule has 0 saturated carbocycles. The minimum Gasteiger partial charge on any atom is -0.490 e. The molecule has 154 valence electrons. The minimum atomic E-state index is -0.786. The number of rotatable bonds is 8. The van der Waals surface area contributed by atoms with Crippen LogP contribution in [-0.2, 0) is 0 Å². The van der Waals surface area contributed by atoms with Crippen molar-refractivity contribution in [1.29, 1.82) is 0 Å². The Morgan fingerprint density at radius 3 is 2.43 bits per heavy atom. The third kappa shape index (κ3) is 3.99. The zero-order valence-electron chi connectivity index (χ0n) is 15.4. The molecule has 1 heterocycles. The molecule has 0 atom stereocenters. The van der Waals surface area contributed by atoms with E-state index in [1.165, 1.54) is 18.2 Å². The molecule has 1 amide bonds. The number of aromatic nitrogens is 3. The number of hydrogen-bond acceptors (Lipinski definition) is 9. The molecule has 0 fully saturated rings. The lowest BCUT2D eigenvalue weighted by Crippen LogP contribution is -2.12. The van der Waals surface area contributed by atoms with Gasteiger partial charge in [0.15, 0.2) is 17.2 Å². The number of carbonyl (C=O) groups is 1. The van der Waals surface area contributed by atoms with Crippen molar-refractivity contribution in [2.24, 2.45) is 5.73 Å². The van der Waals surface area contributed by atoms with Gasteiger partial charge in [0.1, 0.15) is 5.69 Å². The van der Waals surface area contributed by atoms with Gasteiger partial charge >= 0.3 is 5.69 Å². The van der Waals surface area contributed by atoms with Crippen molar-refractivity contribution in [1.82, 2.24) is 15.4 Å². The topological polar surface area (TPSA) is 189 Å². The maximum atomic E-state index is 11.5. The van der Waals surface area contributed by atoms with Gasteiger partial charge in [0, 0.05) is 11.6 Å². The molecule has 13 heteroatoms. The Hall–Kier alpha value is -4.55. The number of ether oxygens (including phenoxy) is 2.